The van der Waals surface area contributed by atoms with Crippen molar-refractivity contribution in [3.63, 3.8) is 0 Å². The Morgan fingerprint density at radius 3 is 2.79 bits per heavy atom. The van der Waals surface area contributed by atoms with E-state index in [1.54, 1.807) is 11.3 Å². The second kappa shape index (κ2) is 6.48. The quantitative estimate of drug-likeness (QED) is 0.907. The van der Waals surface area contributed by atoms with E-state index in [-0.39, 0.29) is 11.8 Å². The van der Waals surface area contributed by atoms with E-state index >= 15 is 0 Å². The number of benzene rings is 1. The van der Waals surface area contributed by atoms with Crippen molar-refractivity contribution in [2.24, 2.45) is 5.92 Å². The van der Waals surface area contributed by atoms with Crippen molar-refractivity contribution < 1.29 is 4.79 Å². The minimum Gasteiger partial charge on any atom is -0.350 e. The number of nitrogens with one attached hydrogen (secondary N) is 1. The molecule has 0 spiro atoms. The Balaban J connectivity index is 1.97. The molecular formula is C15H18N2OS. The monoisotopic (exact) mass is 274 g/mol. The Kier molecular flexibility index (Phi) is 4.68. The van der Waals surface area contributed by atoms with Crippen molar-refractivity contribution in [1.82, 2.24) is 10.3 Å². The second-order valence-electron chi connectivity index (χ2n) is 4.54. The third-order valence-corrected chi connectivity index (χ3v) is 4.02. The van der Waals surface area contributed by atoms with Gasteiger partial charge >= 0.3 is 0 Å². The highest BCUT2D eigenvalue weighted by Gasteiger charge is 2.11. The van der Waals surface area contributed by atoms with Crippen LogP contribution in [0.5, 0.6) is 0 Å². The zero-order chi connectivity index (χ0) is 13.7. The van der Waals surface area contributed by atoms with Crippen LogP contribution in [0.25, 0.3) is 10.6 Å². The molecule has 0 unspecified atom stereocenters. The highest BCUT2D eigenvalue weighted by molar-refractivity contribution is 7.13. The van der Waals surface area contributed by atoms with Crippen molar-refractivity contribution in [1.29, 1.82) is 0 Å². The third-order valence-electron chi connectivity index (χ3n) is 3.08. The largest absolute Gasteiger partial charge is 0.350 e. The molecule has 19 heavy (non-hydrogen) atoms. The summed E-state index contributed by atoms with van der Waals surface area (Å²) in [6.07, 6.45) is 0.859. The van der Waals surface area contributed by atoms with E-state index in [1.165, 1.54) is 0 Å². The molecule has 2 aromatic rings. The Bertz CT molecular complexity index is 536. The third kappa shape index (κ3) is 3.64. The molecule has 0 saturated heterocycles. The molecule has 0 bridgehead atoms. The van der Waals surface area contributed by atoms with Gasteiger partial charge in [0.05, 0.1) is 12.2 Å². The number of aromatic nitrogens is 1. The molecule has 0 aliphatic rings. The van der Waals surface area contributed by atoms with Crippen LogP contribution in [0.3, 0.4) is 0 Å². The second-order valence-corrected chi connectivity index (χ2v) is 5.40. The van der Waals surface area contributed by atoms with Gasteiger partial charge in [0.25, 0.3) is 0 Å². The summed E-state index contributed by atoms with van der Waals surface area (Å²) in [6.45, 7) is 4.46. The van der Waals surface area contributed by atoms with Gasteiger partial charge in [-0.25, -0.2) is 4.98 Å². The van der Waals surface area contributed by atoms with E-state index in [4.69, 9.17) is 0 Å². The van der Waals surface area contributed by atoms with Crippen molar-refractivity contribution in [2.45, 2.75) is 26.8 Å². The highest BCUT2D eigenvalue weighted by Crippen LogP contribution is 2.23. The van der Waals surface area contributed by atoms with E-state index in [0.29, 0.717) is 6.54 Å². The van der Waals surface area contributed by atoms with Crippen LogP contribution in [0.2, 0.25) is 0 Å². The molecule has 2 rings (SSSR count). The molecule has 4 heteroatoms. The van der Waals surface area contributed by atoms with Crippen molar-refractivity contribution in [2.75, 3.05) is 0 Å². The van der Waals surface area contributed by atoms with Gasteiger partial charge in [0.2, 0.25) is 5.91 Å². The van der Waals surface area contributed by atoms with Gasteiger partial charge < -0.3 is 5.32 Å². The lowest BCUT2D eigenvalue weighted by Gasteiger charge is -2.08. The number of hydrogen-bond donors (Lipinski definition) is 1. The summed E-state index contributed by atoms with van der Waals surface area (Å²) in [5, 5.41) is 5.91. The number of carbonyl (C=O) groups is 1. The topological polar surface area (TPSA) is 42.0 Å². The van der Waals surface area contributed by atoms with Crippen molar-refractivity contribution in [3.8, 4) is 10.6 Å². The van der Waals surface area contributed by atoms with Gasteiger partial charge in [-0.15, -0.1) is 11.3 Å². The Labute approximate surface area is 117 Å². The maximum Gasteiger partial charge on any atom is 0.223 e. The van der Waals surface area contributed by atoms with E-state index in [2.05, 4.69) is 10.3 Å². The molecule has 1 atom stereocenters. The zero-order valence-corrected chi connectivity index (χ0v) is 12.0. The molecule has 1 amide bonds. The number of amides is 1. The first-order valence-corrected chi connectivity index (χ1v) is 7.36. The lowest BCUT2D eigenvalue weighted by Crippen LogP contribution is -2.28. The molecule has 3 nitrogen and oxygen atoms in total. The first-order chi connectivity index (χ1) is 9.20. The van der Waals surface area contributed by atoms with E-state index < -0.39 is 0 Å². The number of thiazole rings is 1. The smallest absolute Gasteiger partial charge is 0.223 e. The van der Waals surface area contributed by atoms with Crippen LogP contribution >= 0.6 is 11.3 Å². The first-order valence-electron chi connectivity index (χ1n) is 6.48. The van der Waals surface area contributed by atoms with Crippen LogP contribution in [0.4, 0.5) is 0 Å². The van der Waals surface area contributed by atoms with Gasteiger partial charge in [-0.3, -0.25) is 4.79 Å². The molecular weight excluding hydrogens is 256 g/mol. The average molecular weight is 274 g/mol. The molecule has 1 aromatic carbocycles. The first kappa shape index (κ1) is 13.7. The molecule has 0 aliphatic carbocycles. The van der Waals surface area contributed by atoms with Gasteiger partial charge in [-0.1, -0.05) is 44.2 Å². The fraction of sp³-hybridized carbons (Fsp3) is 0.333. The maximum atomic E-state index is 11.7. The molecule has 0 fully saturated rings. The van der Waals surface area contributed by atoms with Crippen LogP contribution in [0.15, 0.2) is 35.7 Å². The minimum atomic E-state index is 0.0622. The SMILES string of the molecule is CC[C@@H](C)C(=O)NCc1csc(-c2ccccc2)n1. The Morgan fingerprint density at radius 2 is 2.11 bits per heavy atom. The van der Waals surface area contributed by atoms with Crippen LogP contribution in [-0.2, 0) is 11.3 Å². The summed E-state index contributed by atoms with van der Waals surface area (Å²) in [5.74, 6) is 0.156. The van der Waals surface area contributed by atoms with Crippen LogP contribution < -0.4 is 5.32 Å². The summed E-state index contributed by atoms with van der Waals surface area (Å²) >= 11 is 1.61. The van der Waals surface area contributed by atoms with Crippen LogP contribution in [0.1, 0.15) is 26.0 Å². The molecule has 1 N–H and O–H groups in total. The van der Waals surface area contributed by atoms with Gasteiger partial charge in [-0.05, 0) is 6.42 Å². The predicted octanol–water partition coefficient (Wildman–Crippen LogP) is 3.47. The summed E-state index contributed by atoms with van der Waals surface area (Å²) in [6, 6.07) is 10.1. The van der Waals surface area contributed by atoms with E-state index in [1.807, 2.05) is 49.6 Å². The molecule has 0 radical (unpaired) electrons. The van der Waals surface area contributed by atoms with Gasteiger partial charge in [-0.2, -0.15) is 0 Å². The minimum absolute atomic E-state index is 0.0622. The number of hydrogen-bond acceptors (Lipinski definition) is 3. The fourth-order valence-corrected chi connectivity index (χ4v) is 2.46. The molecule has 1 aromatic heterocycles. The summed E-state index contributed by atoms with van der Waals surface area (Å²) < 4.78 is 0. The van der Waals surface area contributed by atoms with Crippen LogP contribution in [0, 0.1) is 5.92 Å². The van der Waals surface area contributed by atoms with Gasteiger partial charge in [0.1, 0.15) is 5.01 Å². The standard InChI is InChI=1S/C15H18N2OS/c1-3-11(2)14(18)16-9-13-10-19-15(17-13)12-7-5-4-6-8-12/h4-8,10-11H,3,9H2,1-2H3,(H,16,18)/t11-/m1/s1. The summed E-state index contributed by atoms with van der Waals surface area (Å²) in [7, 11) is 0. The highest BCUT2D eigenvalue weighted by atomic mass is 32.1. The summed E-state index contributed by atoms with van der Waals surface area (Å²) in [4.78, 5) is 16.2. The lowest BCUT2D eigenvalue weighted by atomic mass is 10.1. The lowest BCUT2D eigenvalue weighted by molar-refractivity contribution is -0.124. The molecule has 0 saturated carbocycles. The normalized spacial score (nSPS) is 12.1. The predicted molar refractivity (Wildman–Crippen MR) is 78.9 cm³/mol. The van der Waals surface area contributed by atoms with Crippen molar-refractivity contribution >= 4 is 17.2 Å². The van der Waals surface area contributed by atoms with Gasteiger partial charge in [0, 0.05) is 16.9 Å². The fourth-order valence-electron chi connectivity index (χ4n) is 1.64. The van der Waals surface area contributed by atoms with Gasteiger partial charge in [0.15, 0.2) is 0 Å². The van der Waals surface area contributed by atoms with E-state index in [9.17, 15) is 4.79 Å². The number of rotatable bonds is 5. The van der Waals surface area contributed by atoms with Crippen molar-refractivity contribution in [3.05, 3.63) is 41.4 Å². The number of nitrogens with zero attached hydrogens (tertiary/aromatic N) is 1. The number of carbonyl (C=O) groups excluding carboxylic acids is 1. The molecule has 100 valence electrons. The Hall–Kier alpha value is -1.68. The zero-order valence-electron chi connectivity index (χ0n) is 11.2. The van der Waals surface area contributed by atoms with E-state index in [0.717, 1.165) is 22.7 Å². The average Bonchev–Trinajstić information content (AvgIpc) is 2.93. The van der Waals surface area contributed by atoms with Crippen LogP contribution in [-0.4, -0.2) is 10.9 Å². The summed E-state index contributed by atoms with van der Waals surface area (Å²) in [5.41, 5.74) is 2.03. The molecule has 1 heterocycles. The maximum absolute atomic E-state index is 11.7. The molecule has 0 aliphatic heterocycles. The Morgan fingerprint density at radius 1 is 1.37 bits per heavy atom.